The smallest absolute Gasteiger partial charge is 0.145 e. The summed E-state index contributed by atoms with van der Waals surface area (Å²) in [6, 6.07) is 45.9. The molecule has 50 heavy (non-hydrogen) atoms. The zero-order valence-electron chi connectivity index (χ0n) is 27.1. The molecule has 8 aromatic rings. The molecule has 0 radical (unpaired) electrons. The zero-order chi connectivity index (χ0) is 33.4. The number of rotatable bonds is 5. The van der Waals surface area contributed by atoms with Gasteiger partial charge in [0.1, 0.15) is 5.65 Å². The number of nitrogens with zero attached hydrogens (tertiary/aromatic N) is 6. The van der Waals surface area contributed by atoms with Crippen LogP contribution >= 0.6 is 0 Å². The molecule has 0 saturated carbocycles. The van der Waals surface area contributed by atoms with Crippen LogP contribution in [0.1, 0.15) is 5.56 Å². The molecule has 1 aliphatic rings. The molecule has 0 aliphatic carbocycles. The van der Waals surface area contributed by atoms with Crippen molar-refractivity contribution >= 4 is 45.1 Å². The maximum Gasteiger partial charge on any atom is 0.145 e. The SMILES string of the molecule is C=C1/C=C\C=N/N(c2cccc(-c3ccc(-c4ccc(-c5cccc(-n6c7ccccc7c7cccnc76)c5)cn4)nc3)c2)c2ccccc21. The molecule has 9 rings (SSSR count). The van der Waals surface area contributed by atoms with Crippen molar-refractivity contribution in [3.63, 3.8) is 0 Å². The number of hydrogen-bond acceptors (Lipinski definition) is 5. The van der Waals surface area contributed by atoms with Gasteiger partial charge in [-0.1, -0.05) is 85.5 Å². The Hall–Kier alpha value is -6.92. The Morgan fingerprint density at radius 3 is 1.98 bits per heavy atom. The topological polar surface area (TPSA) is 59.2 Å². The average Bonchev–Trinajstić information content (AvgIpc) is 3.52. The van der Waals surface area contributed by atoms with Gasteiger partial charge in [-0.25, -0.2) is 9.99 Å². The molecule has 0 fully saturated rings. The molecule has 236 valence electrons. The van der Waals surface area contributed by atoms with E-state index >= 15 is 0 Å². The normalized spacial score (nSPS) is 13.9. The highest BCUT2D eigenvalue weighted by atomic mass is 15.5. The summed E-state index contributed by atoms with van der Waals surface area (Å²) in [6.07, 6.45) is 11.4. The second kappa shape index (κ2) is 12.3. The van der Waals surface area contributed by atoms with Gasteiger partial charge in [-0.3, -0.25) is 14.5 Å². The van der Waals surface area contributed by atoms with Gasteiger partial charge in [0.25, 0.3) is 0 Å². The molecule has 4 aromatic heterocycles. The van der Waals surface area contributed by atoms with Gasteiger partial charge in [0, 0.05) is 58.0 Å². The molecule has 5 heterocycles. The zero-order valence-corrected chi connectivity index (χ0v) is 27.1. The van der Waals surface area contributed by atoms with E-state index in [1.165, 1.54) is 5.39 Å². The van der Waals surface area contributed by atoms with Crippen LogP contribution in [0.5, 0.6) is 0 Å². The third kappa shape index (κ3) is 5.16. The van der Waals surface area contributed by atoms with Gasteiger partial charge < -0.3 is 0 Å². The second-order valence-electron chi connectivity index (χ2n) is 12.2. The fourth-order valence-electron chi connectivity index (χ4n) is 6.68. The molecule has 0 atom stereocenters. The number of benzene rings is 4. The van der Waals surface area contributed by atoms with E-state index < -0.39 is 0 Å². The van der Waals surface area contributed by atoms with E-state index in [1.807, 2.05) is 72.1 Å². The van der Waals surface area contributed by atoms with Crippen molar-refractivity contribution in [2.45, 2.75) is 0 Å². The lowest BCUT2D eigenvalue weighted by Crippen LogP contribution is -2.12. The summed E-state index contributed by atoms with van der Waals surface area (Å²) in [5, 5.41) is 9.03. The molecule has 6 heteroatoms. The van der Waals surface area contributed by atoms with Crippen molar-refractivity contribution in [2.75, 3.05) is 5.01 Å². The number of allylic oxidation sites excluding steroid dienone is 3. The second-order valence-corrected chi connectivity index (χ2v) is 12.2. The van der Waals surface area contributed by atoms with Crippen molar-refractivity contribution < 1.29 is 0 Å². The number of fused-ring (bicyclic) bond motifs is 4. The Kier molecular flexibility index (Phi) is 7.17. The lowest BCUT2D eigenvalue weighted by Gasteiger charge is -2.24. The molecule has 0 spiro atoms. The highest BCUT2D eigenvalue weighted by Crippen LogP contribution is 2.36. The van der Waals surface area contributed by atoms with Crippen LogP contribution in [0.4, 0.5) is 11.4 Å². The summed E-state index contributed by atoms with van der Waals surface area (Å²) in [6.45, 7) is 4.24. The molecule has 0 N–H and O–H groups in total. The standard InChI is InChI=1S/C44H30N6/c1-30-10-8-25-48-50(43-19-5-2-15-37(30)43)36-14-7-12-32(27-36)34-21-23-41(47-29-34)40-22-20-33(28-46-40)31-11-6-13-35(26-31)49-42-18-4-3-16-38(42)39-17-9-24-45-44(39)49/h2-29H,1H2/b10-8-,48-25-. The molecule has 0 amide bonds. The number of hydrogen-bond donors (Lipinski definition) is 0. The maximum absolute atomic E-state index is 4.82. The summed E-state index contributed by atoms with van der Waals surface area (Å²) in [4.78, 5) is 14.4. The highest BCUT2D eigenvalue weighted by molar-refractivity contribution is 6.07. The number of pyridine rings is 3. The first-order valence-electron chi connectivity index (χ1n) is 16.5. The predicted molar refractivity (Wildman–Crippen MR) is 206 cm³/mol. The first-order chi connectivity index (χ1) is 24.7. The Labute approximate surface area is 289 Å². The van der Waals surface area contributed by atoms with Gasteiger partial charge in [0.15, 0.2) is 0 Å². The van der Waals surface area contributed by atoms with E-state index in [1.54, 1.807) is 6.21 Å². The van der Waals surface area contributed by atoms with Crippen LogP contribution in [0, 0.1) is 0 Å². The molecule has 0 unspecified atom stereocenters. The third-order valence-corrected chi connectivity index (χ3v) is 9.13. The van der Waals surface area contributed by atoms with E-state index in [0.29, 0.717) is 0 Å². The fourth-order valence-corrected chi connectivity index (χ4v) is 6.68. The van der Waals surface area contributed by atoms with Crippen LogP contribution in [0.3, 0.4) is 0 Å². The minimum Gasteiger partial charge on any atom is -0.294 e. The first kappa shape index (κ1) is 29.2. The van der Waals surface area contributed by atoms with Crippen molar-refractivity contribution in [1.82, 2.24) is 19.5 Å². The fraction of sp³-hybridized carbons (Fsp3) is 0. The van der Waals surface area contributed by atoms with Crippen LogP contribution in [-0.4, -0.2) is 25.7 Å². The Bertz CT molecular complexity index is 2560. The minimum atomic E-state index is 0.814. The molecule has 1 aliphatic heterocycles. The summed E-state index contributed by atoms with van der Waals surface area (Å²) in [5.41, 5.74) is 12.9. The van der Waals surface area contributed by atoms with Crippen molar-refractivity contribution in [3.8, 4) is 39.3 Å². The van der Waals surface area contributed by atoms with Crippen LogP contribution in [0.2, 0.25) is 0 Å². The molecular formula is C44H30N6. The minimum absolute atomic E-state index is 0.814. The highest BCUT2D eigenvalue weighted by Gasteiger charge is 2.16. The lowest BCUT2D eigenvalue weighted by molar-refractivity contribution is 1.09. The van der Waals surface area contributed by atoms with Gasteiger partial charge >= 0.3 is 0 Å². The predicted octanol–water partition coefficient (Wildman–Crippen LogP) is 10.7. The number of anilines is 2. The van der Waals surface area contributed by atoms with Crippen molar-refractivity contribution in [3.05, 3.63) is 176 Å². The van der Waals surface area contributed by atoms with Gasteiger partial charge in [0.05, 0.1) is 28.3 Å². The van der Waals surface area contributed by atoms with Gasteiger partial charge in [-0.05, 0) is 83.4 Å². The van der Waals surface area contributed by atoms with Crippen molar-refractivity contribution in [2.24, 2.45) is 5.10 Å². The summed E-state index contributed by atoms with van der Waals surface area (Å²) in [7, 11) is 0. The third-order valence-electron chi connectivity index (χ3n) is 9.13. The molecule has 4 aromatic carbocycles. The summed E-state index contributed by atoms with van der Waals surface area (Å²) >= 11 is 0. The Balaban J connectivity index is 0.986. The largest absolute Gasteiger partial charge is 0.294 e. The quantitative estimate of drug-likeness (QED) is 0.187. The van der Waals surface area contributed by atoms with E-state index in [9.17, 15) is 0 Å². The molecule has 0 bridgehead atoms. The Morgan fingerprint density at radius 2 is 1.22 bits per heavy atom. The van der Waals surface area contributed by atoms with E-state index in [-0.39, 0.29) is 0 Å². The van der Waals surface area contributed by atoms with Crippen LogP contribution in [-0.2, 0) is 0 Å². The lowest BCUT2D eigenvalue weighted by atomic mass is 10.0. The average molecular weight is 643 g/mol. The van der Waals surface area contributed by atoms with Gasteiger partial charge in [0.2, 0.25) is 0 Å². The van der Waals surface area contributed by atoms with E-state index in [2.05, 4.69) is 108 Å². The molecule has 0 saturated heterocycles. The number of aromatic nitrogens is 4. The first-order valence-corrected chi connectivity index (χ1v) is 16.5. The van der Waals surface area contributed by atoms with Crippen LogP contribution in [0.25, 0.3) is 66.8 Å². The number of para-hydroxylation sites is 2. The van der Waals surface area contributed by atoms with Crippen molar-refractivity contribution in [1.29, 1.82) is 0 Å². The Morgan fingerprint density at radius 1 is 0.540 bits per heavy atom. The van der Waals surface area contributed by atoms with Crippen LogP contribution in [0.15, 0.2) is 176 Å². The monoisotopic (exact) mass is 642 g/mol. The van der Waals surface area contributed by atoms with E-state index in [4.69, 9.17) is 20.1 Å². The number of hydrazone groups is 1. The van der Waals surface area contributed by atoms with E-state index in [0.717, 1.165) is 78.4 Å². The summed E-state index contributed by atoms with van der Waals surface area (Å²) < 4.78 is 2.23. The van der Waals surface area contributed by atoms with Crippen LogP contribution < -0.4 is 5.01 Å². The summed E-state index contributed by atoms with van der Waals surface area (Å²) in [5.74, 6) is 0. The molecular weight excluding hydrogens is 613 g/mol. The van der Waals surface area contributed by atoms with Gasteiger partial charge in [-0.15, -0.1) is 0 Å². The maximum atomic E-state index is 4.82. The van der Waals surface area contributed by atoms with Gasteiger partial charge in [-0.2, -0.15) is 5.10 Å². The molecule has 6 nitrogen and oxygen atoms in total.